The summed E-state index contributed by atoms with van der Waals surface area (Å²) in [7, 11) is 0. The molecule has 2 atom stereocenters. The first kappa shape index (κ1) is 17.3. The minimum absolute atomic E-state index is 0.00467. The molecule has 2 N–H and O–H groups in total. The molecule has 2 aliphatic rings. The average molecular weight is 345 g/mol. The topological polar surface area (TPSA) is 89.9 Å². The molecule has 1 aromatic rings. The summed E-state index contributed by atoms with van der Waals surface area (Å²) < 4.78 is 0. The molecule has 2 unspecified atom stereocenters. The number of rotatable bonds is 3. The van der Waals surface area contributed by atoms with Crippen LogP contribution in [0.15, 0.2) is 24.3 Å². The van der Waals surface area contributed by atoms with Crippen molar-refractivity contribution in [2.24, 2.45) is 5.92 Å². The number of nitrogens with one attached hydrogen (secondary N) is 1. The second-order valence-corrected chi connectivity index (χ2v) is 6.71. The number of urea groups is 1. The molecule has 0 spiro atoms. The fraction of sp³-hybridized carbons (Fsp3) is 0.500. The number of carbonyl (C=O) groups is 3. The Morgan fingerprint density at radius 3 is 2.80 bits per heavy atom. The Bertz CT molecular complexity index is 691. The lowest BCUT2D eigenvalue weighted by Crippen LogP contribution is -2.48. The van der Waals surface area contributed by atoms with Gasteiger partial charge in [0.25, 0.3) is 5.91 Å². The number of hydrogen-bond acceptors (Lipinski definition) is 3. The first-order chi connectivity index (χ1) is 12.0. The van der Waals surface area contributed by atoms with E-state index < -0.39 is 11.9 Å². The summed E-state index contributed by atoms with van der Waals surface area (Å²) in [5.41, 5.74) is 1.16. The summed E-state index contributed by atoms with van der Waals surface area (Å²) in [6.07, 6.45) is 2.12. The van der Waals surface area contributed by atoms with Crippen LogP contribution in [0.1, 0.15) is 36.5 Å². The van der Waals surface area contributed by atoms with Crippen LogP contribution in [0.4, 0.5) is 10.5 Å². The summed E-state index contributed by atoms with van der Waals surface area (Å²) in [6.45, 7) is 3.45. The van der Waals surface area contributed by atoms with Gasteiger partial charge in [0.1, 0.15) is 0 Å². The second-order valence-electron chi connectivity index (χ2n) is 6.71. The van der Waals surface area contributed by atoms with Crippen molar-refractivity contribution in [1.82, 2.24) is 10.2 Å². The van der Waals surface area contributed by atoms with Crippen molar-refractivity contribution in [1.29, 1.82) is 0 Å². The number of piperidine rings is 1. The summed E-state index contributed by atoms with van der Waals surface area (Å²) >= 11 is 0. The highest BCUT2D eigenvalue weighted by Crippen LogP contribution is 2.25. The monoisotopic (exact) mass is 345 g/mol. The summed E-state index contributed by atoms with van der Waals surface area (Å²) in [6, 6.07) is 6.84. The zero-order valence-corrected chi connectivity index (χ0v) is 14.3. The number of carboxylic acid groups (broad SMARTS) is 1. The molecule has 0 saturated carbocycles. The van der Waals surface area contributed by atoms with Gasteiger partial charge >= 0.3 is 12.0 Å². The van der Waals surface area contributed by atoms with E-state index in [9.17, 15) is 19.5 Å². The van der Waals surface area contributed by atoms with Gasteiger partial charge in [-0.15, -0.1) is 0 Å². The lowest BCUT2D eigenvalue weighted by Gasteiger charge is -2.36. The van der Waals surface area contributed by atoms with Crippen molar-refractivity contribution >= 4 is 23.6 Å². The van der Waals surface area contributed by atoms with E-state index in [1.54, 1.807) is 34.1 Å². The Hall–Kier alpha value is -2.57. The quantitative estimate of drug-likeness (QED) is 0.876. The third-order valence-electron chi connectivity index (χ3n) is 4.98. The van der Waals surface area contributed by atoms with Crippen molar-refractivity contribution in [3.63, 3.8) is 0 Å². The SMILES string of the molecule is CC1CCC(C(=O)O)CN1C(=O)c1cccc(N2CCCNC2=O)c1. The first-order valence-electron chi connectivity index (χ1n) is 8.66. The van der Waals surface area contributed by atoms with E-state index in [1.165, 1.54) is 0 Å². The average Bonchev–Trinajstić information content (AvgIpc) is 2.62. The van der Waals surface area contributed by atoms with Crippen LogP contribution in [0.25, 0.3) is 0 Å². The molecule has 0 radical (unpaired) electrons. The van der Waals surface area contributed by atoms with Crippen molar-refractivity contribution in [2.75, 3.05) is 24.5 Å². The molecule has 25 heavy (non-hydrogen) atoms. The normalized spacial score (nSPS) is 24.0. The van der Waals surface area contributed by atoms with Crippen LogP contribution in [-0.4, -0.2) is 53.6 Å². The van der Waals surface area contributed by atoms with Gasteiger partial charge in [0.05, 0.1) is 5.92 Å². The summed E-state index contributed by atoms with van der Waals surface area (Å²) in [4.78, 5) is 39.4. The van der Waals surface area contributed by atoms with Gasteiger partial charge in [0.15, 0.2) is 0 Å². The van der Waals surface area contributed by atoms with E-state index in [-0.39, 0.29) is 24.5 Å². The summed E-state index contributed by atoms with van der Waals surface area (Å²) in [5.74, 6) is -1.56. The van der Waals surface area contributed by atoms with E-state index in [0.717, 1.165) is 6.42 Å². The predicted molar refractivity (Wildman–Crippen MR) is 92.7 cm³/mol. The number of nitrogens with zero attached hydrogens (tertiary/aromatic N) is 2. The molecule has 0 aromatic heterocycles. The van der Waals surface area contributed by atoms with Crippen LogP contribution >= 0.6 is 0 Å². The third kappa shape index (κ3) is 3.60. The number of hydrogen-bond donors (Lipinski definition) is 2. The van der Waals surface area contributed by atoms with Crippen LogP contribution in [0, 0.1) is 5.92 Å². The fourth-order valence-corrected chi connectivity index (χ4v) is 3.44. The highest BCUT2D eigenvalue weighted by Gasteiger charge is 2.33. The molecular weight excluding hydrogens is 322 g/mol. The lowest BCUT2D eigenvalue weighted by atomic mass is 9.93. The molecule has 3 rings (SSSR count). The largest absolute Gasteiger partial charge is 0.481 e. The summed E-state index contributed by atoms with van der Waals surface area (Å²) in [5, 5.41) is 12.0. The van der Waals surface area contributed by atoms with Crippen LogP contribution in [0.5, 0.6) is 0 Å². The number of carbonyl (C=O) groups excluding carboxylic acids is 2. The molecule has 0 bridgehead atoms. The molecule has 3 amide bonds. The Kier molecular flexibility index (Phi) is 4.92. The molecule has 1 aromatic carbocycles. The molecule has 2 saturated heterocycles. The zero-order chi connectivity index (χ0) is 18.0. The van der Waals surface area contributed by atoms with Gasteiger partial charge in [-0.25, -0.2) is 4.79 Å². The zero-order valence-electron chi connectivity index (χ0n) is 14.3. The Morgan fingerprint density at radius 2 is 2.08 bits per heavy atom. The molecular formula is C18H23N3O4. The van der Waals surface area contributed by atoms with Crippen molar-refractivity contribution in [3.8, 4) is 0 Å². The van der Waals surface area contributed by atoms with Crippen LogP contribution in [0.3, 0.4) is 0 Å². The highest BCUT2D eigenvalue weighted by atomic mass is 16.4. The molecule has 7 heteroatoms. The number of carboxylic acids is 1. The van der Waals surface area contributed by atoms with Gasteiger partial charge in [-0.05, 0) is 44.4 Å². The van der Waals surface area contributed by atoms with Crippen LogP contribution in [-0.2, 0) is 4.79 Å². The van der Waals surface area contributed by atoms with E-state index in [0.29, 0.717) is 37.2 Å². The van der Waals surface area contributed by atoms with Crippen molar-refractivity contribution in [3.05, 3.63) is 29.8 Å². The van der Waals surface area contributed by atoms with Gasteiger partial charge in [-0.2, -0.15) is 0 Å². The lowest BCUT2D eigenvalue weighted by molar-refractivity contribution is -0.143. The van der Waals surface area contributed by atoms with Gasteiger partial charge in [0.2, 0.25) is 0 Å². The number of amides is 3. The molecule has 134 valence electrons. The minimum atomic E-state index is -0.858. The minimum Gasteiger partial charge on any atom is -0.481 e. The van der Waals surface area contributed by atoms with Crippen LogP contribution < -0.4 is 10.2 Å². The number of aliphatic carboxylic acids is 1. The molecule has 2 fully saturated rings. The Balaban J connectivity index is 1.81. The fourth-order valence-electron chi connectivity index (χ4n) is 3.44. The van der Waals surface area contributed by atoms with E-state index >= 15 is 0 Å². The Labute approximate surface area is 146 Å². The van der Waals surface area contributed by atoms with Gasteiger partial charge in [-0.3, -0.25) is 14.5 Å². The molecule has 2 heterocycles. The maximum Gasteiger partial charge on any atom is 0.321 e. The standard InChI is InChI=1S/C18H23N3O4/c1-12-6-7-14(17(23)24)11-21(12)16(22)13-4-2-5-15(10-13)20-9-3-8-19-18(20)25/h2,4-5,10,12,14H,3,6-9,11H2,1H3,(H,19,25)(H,23,24). The van der Waals surface area contributed by atoms with E-state index in [4.69, 9.17) is 0 Å². The van der Waals surface area contributed by atoms with E-state index in [2.05, 4.69) is 5.32 Å². The second kappa shape index (κ2) is 7.13. The molecule has 2 aliphatic heterocycles. The number of likely N-dealkylation sites (tertiary alicyclic amines) is 1. The maximum absolute atomic E-state index is 12.9. The van der Waals surface area contributed by atoms with Crippen molar-refractivity contribution in [2.45, 2.75) is 32.2 Å². The van der Waals surface area contributed by atoms with Gasteiger partial charge < -0.3 is 15.3 Å². The molecule has 7 nitrogen and oxygen atoms in total. The van der Waals surface area contributed by atoms with Gasteiger partial charge in [-0.1, -0.05) is 6.07 Å². The smallest absolute Gasteiger partial charge is 0.321 e. The molecule has 0 aliphatic carbocycles. The third-order valence-corrected chi connectivity index (χ3v) is 4.98. The number of anilines is 1. The predicted octanol–water partition coefficient (Wildman–Crippen LogP) is 1.93. The number of benzene rings is 1. The Morgan fingerprint density at radius 1 is 1.28 bits per heavy atom. The highest BCUT2D eigenvalue weighted by molar-refractivity contribution is 5.98. The van der Waals surface area contributed by atoms with Gasteiger partial charge in [0, 0.05) is 36.9 Å². The van der Waals surface area contributed by atoms with Crippen LogP contribution in [0.2, 0.25) is 0 Å². The maximum atomic E-state index is 12.9. The van der Waals surface area contributed by atoms with E-state index in [1.807, 2.05) is 6.92 Å². The van der Waals surface area contributed by atoms with Crippen molar-refractivity contribution < 1.29 is 19.5 Å². The first-order valence-corrected chi connectivity index (χ1v) is 8.66.